The van der Waals surface area contributed by atoms with E-state index in [1.807, 2.05) is 41.4 Å². The zero-order chi connectivity index (χ0) is 19.1. The second kappa shape index (κ2) is 6.55. The van der Waals surface area contributed by atoms with E-state index in [9.17, 15) is 4.79 Å². The smallest absolute Gasteiger partial charge is 0.230 e. The highest BCUT2D eigenvalue weighted by Gasteiger charge is 2.47. The van der Waals surface area contributed by atoms with Crippen LogP contribution in [0.5, 0.6) is 5.75 Å². The highest BCUT2D eigenvalue weighted by Crippen LogP contribution is 2.45. The number of ether oxygens (including phenoxy) is 1. The lowest BCUT2D eigenvalue weighted by Crippen LogP contribution is -2.34. The fourth-order valence-electron chi connectivity index (χ4n) is 4.68. The van der Waals surface area contributed by atoms with Crippen LogP contribution < -0.4 is 4.74 Å². The number of aromatic nitrogens is 2. The predicted molar refractivity (Wildman–Crippen MR) is 104 cm³/mol. The summed E-state index contributed by atoms with van der Waals surface area (Å²) in [4.78, 5) is 19.5. The number of rotatable bonds is 4. The van der Waals surface area contributed by atoms with Gasteiger partial charge >= 0.3 is 0 Å². The van der Waals surface area contributed by atoms with Crippen molar-refractivity contribution in [3.63, 3.8) is 0 Å². The lowest BCUT2D eigenvalue weighted by atomic mass is 9.85. The lowest BCUT2D eigenvalue weighted by Gasteiger charge is -2.22. The highest BCUT2D eigenvalue weighted by atomic mass is 16.5. The van der Waals surface area contributed by atoms with E-state index in [4.69, 9.17) is 14.1 Å². The van der Waals surface area contributed by atoms with Gasteiger partial charge in [0.15, 0.2) is 0 Å². The summed E-state index contributed by atoms with van der Waals surface area (Å²) in [6, 6.07) is 11.7. The average Bonchev–Trinajstić information content (AvgIpc) is 3.49. The van der Waals surface area contributed by atoms with Gasteiger partial charge in [0.25, 0.3) is 0 Å². The molecule has 144 valence electrons. The minimum absolute atomic E-state index is 0.0426. The first-order valence-electron chi connectivity index (χ1n) is 9.70. The van der Waals surface area contributed by atoms with Gasteiger partial charge in [0.05, 0.1) is 31.7 Å². The van der Waals surface area contributed by atoms with Crippen molar-refractivity contribution in [3.8, 4) is 17.0 Å². The van der Waals surface area contributed by atoms with Crippen molar-refractivity contribution < 1.29 is 13.9 Å². The number of methoxy groups -OCH3 is 1. The number of fused-ring (bicyclic) bond motifs is 2. The van der Waals surface area contributed by atoms with Crippen LogP contribution in [0.25, 0.3) is 11.3 Å². The maximum Gasteiger partial charge on any atom is 0.230 e. The van der Waals surface area contributed by atoms with Crippen LogP contribution in [-0.4, -0.2) is 40.6 Å². The van der Waals surface area contributed by atoms with Gasteiger partial charge in [-0.3, -0.25) is 4.79 Å². The number of amides is 1. The van der Waals surface area contributed by atoms with Crippen molar-refractivity contribution in [1.29, 1.82) is 0 Å². The third-order valence-electron chi connectivity index (χ3n) is 6.14. The van der Waals surface area contributed by atoms with E-state index in [1.165, 1.54) is 0 Å². The molecule has 4 heterocycles. The number of carbonyl (C=O) groups excluding carboxylic acids is 1. The van der Waals surface area contributed by atoms with Crippen LogP contribution in [0.15, 0.2) is 53.3 Å². The Morgan fingerprint density at radius 3 is 2.89 bits per heavy atom. The minimum Gasteiger partial charge on any atom is -0.496 e. The van der Waals surface area contributed by atoms with Crippen molar-refractivity contribution >= 4 is 5.91 Å². The maximum absolute atomic E-state index is 12.7. The van der Waals surface area contributed by atoms with Gasteiger partial charge in [0, 0.05) is 30.6 Å². The molecule has 2 aliphatic rings. The molecular formula is C22H23N3O3. The van der Waals surface area contributed by atoms with Gasteiger partial charge in [-0.2, -0.15) is 0 Å². The first kappa shape index (κ1) is 17.1. The van der Waals surface area contributed by atoms with E-state index in [0.29, 0.717) is 6.42 Å². The summed E-state index contributed by atoms with van der Waals surface area (Å²) in [6.45, 7) is 2.42. The molecule has 2 aromatic heterocycles. The third kappa shape index (κ3) is 2.63. The topological polar surface area (TPSA) is 60.5 Å². The van der Waals surface area contributed by atoms with Crippen LogP contribution in [0, 0.1) is 0 Å². The van der Waals surface area contributed by atoms with Gasteiger partial charge in [-0.05, 0) is 37.1 Å². The van der Waals surface area contributed by atoms with Crippen molar-refractivity contribution in [2.45, 2.75) is 31.2 Å². The number of furan rings is 1. The van der Waals surface area contributed by atoms with Crippen LogP contribution in [0.4, 0.5) is 0 Å². The van der Waals surface area contributed by atoms with Crippen molar-refractivity contribution in [3.05, 3.63) is 60.4 Å². The molecule has 0 saturated carbocycles. The van der Waals surface area contributed by atoms with E-state index in [2.05, 4.69) is 10.6 Å². The third-order valence-corrected chi connectivity index (χ3v) is 6.14. The summed E-state index contributed by atoms with van der Waals surface area (Å²) >= 11 is 0. The molecule has 0 unspecified atom stereocenters. The zero-order valence-corrected chi connectivity index (χ0v) is 15.9. The van der Waals surface area contributed by atoms with E-state index in [-0.39, 0.29) is 11.3 Å². The zero-order valence-electron chi connectivity index (χ0n) is 15.9. The largest absolute Gasteiger partial charge is 0.496 e. The Balaban J connectivity index is 1.40. The van der Waals surface area contributed by atoms with Crippen LogP contribution in [-0.2, 0) is 23.2 Å². The predicted octanol–water partition coefficient (Wildman–Crippen LogP) is 3.27. The number of para-hydroxylation sites is 1. The first-order chi connectivity index (χ1) is 13.7. The molecule has 5 rings (SSSR count). The van der Waals surface area contributed by atoms with Crippen LogP contribution >= 0.6 is 0 Å². The number of likely N-dealkylation sites (tertiary alicyclic amines) is 1. The standard InChI is InChI=1S/C22H23N3O3/c1-27-19-7-3-2-6-17(19)18-14-23-21-22(9-11-25(18)21)8-10-24(15-22)20(26)13-16-5-4-12-28-16/h2-7,12,14H,8-11,13,15H2,1H3/t22-/m1/s1. The van der Waals surface area contributed by atoms with E-state index in [0.717, 1.165) is 61.1 Å². The molecule has 1 spiro atoms. The van der Waals surface area contributed by atoms with E-state index >= 15 is 0 Å². The van der Waals surface area contributed by atoms with Gasteiger partial charge in [0.2, 0.25) is 5.91 Å². The molecular weight excluding hydrogens is 354 g/mol. The molecule has 2 aliphatic heterocycles. The Morgan fingerprint density at radius 1 is 1.21 bits per heavy atom. The molecule has 6 nitrogen and oxygen atoms in total. The van der Waals surface area contributed by atoms with Gasteiger partial charge in [-0.25, -0.2) is 4.98 Å². The average molecular weight is 377 g/mol. The molecule has 1 aromatic carbocycles. The van der Waals surface area contributed by atoms with Gasteiger partial charge in [-0.1, -0.05) is 12.1 Å². The van der Waals surface area contributed by atoms with Gasteiger partial charge in [-0.15, -0.1) is 0 Å². The molecule has 0 aliphatic carbocycles. The molecule has 3 aromatic rings. The second-order valence-corrected chi connectivity index (χ2v) is 7.67. The van der Waals surface area contributed by atoms with Crippen molar-refractivity contribution in [1.82, 2.24) is 14.5 Å². The fraction of sp³-hybridized carbons (Fsp3) is 0.364. The number of carbonyl (C=O) groups is 1. The summed E-state index contributed by atoms with van der Waals surface area (Å²) in [6.07, 6.45) is 5.86. The van der Waals surface area contributed by atoms with E-state index < -0.39 is 0 Å². The summed E-state index contributed by atoms with van der Waals surface area (Å²) < 4.78 is 13.2. The monoisotopic (exact) mass is 377 g/mol. The molecule has 1 saturated heterocycles. The number of nitrogens with zero attached hydrogens (tertiary/aromatic N) is 3. The number of benzene rings is 1. The molecule has 28 heavy (non-hydrogen) atoms. The summed E-state index contributed by atoms with van der Waals surface area (Å²) in [5.74, 6) is 2.80. The second-order valence-electron chi connectivity index (χ2n) is 7.67. The summed E-state index contributed by atoms with van der Waals surface area (Å²) in [5, 5.41) is 0. The van der Waals surface area contributed by atoms with Crippen LogP contribution in [0.1, 0.15) is 24.4 Å². The Bertz CT molecular complexity index is 1010. The van der Waals surface area contributed by atoms with Crippen molar-refractivity contribution in [2.24, 2.45) is 0 Å². The highest BCUT2D eigenvalue weighted by molar-refractivity contribution is 5.78. The van der Waals surface area contributed by atoms with Gasteiger partial charge < -0.3 is 18.6 Å². The van der Waals surface area contributed by atoms with E-state index in [1.54, 1.807) is 13.4 Å². The maximum atomic E-state index is 12.7. The van der Waals surface area contributed by atoms with Crippen LogP contribution in [0.3, 0.4) is 0 Å². The molecule has 0 N–H and O–H groups in total. The Hall–Kier alpha value is -3.02. The lowest BCUT2D eigenvalue weighted by molar-refractivity contribution is -0.129. The summed E-state index contributed by atoms with van der Waals surface area (Å²) in [7, 11) is 1.70. The summed E-state index contributed by atoms with van der Waals surface area (Å²) in [5.41, 5.74) is 2.10. The van der Waals surface area contributed by atoms with Gasteiger partial charge in [0.1, 0.15) is 17.3 Å². The Kier molecular flexibility index (Phi) is 4.00. The number of hydrogen-bond donors (Lipinski definition) is 0. The minimum atomic E-state index is -0.0426. The SMILES string of the molecule is COc1ccccc1-c1cnc2n1CC[C@@]21CCN(C(=O)Cc2ccco2)C1. The Morgan fingerprint density at radius 2 is 2.07 bits per heavy atom. The number of hydrogen-bond acceptors (Lipinski definition) is 4. The molecule has 1 fully saturated rings. The first-order valence-corrected chi connectivity index (χ1v) is 9.70. The molecule has 0 radical (unpaired) electrons. The quantitative estimate of drug-likeness (QED) is 0.700. The molecule has 1 atom stereocenters. The molecule has 6 heteroatoms. The molecule has 1 amide bonds. The molecule has 0 bridgehead atoms. The normalized spacial score (nSPS) is 20.7. The van der Waals surface area contributed by atoms with Crippen LogP contribution in [0.2, 0.25) is 0 Å². The Labute approximate surface area is 163 Å². The van der Waals surface area contributed by atoms with Crippen molar-refractivity contribution in [2.75, 3.05) is 20.2 Å². The number of imidazole rings is 1. The fourth-order valence-corrected chi connectivity index (χ4v) is 4.68.